The first kappa shape index (κ1) is 22.4. The lowest BCUT2D eigenvalue weighted by Gasteiger charge is -2.26. The highest BCUT2D eigenvalue weighted by Gasteiger charge is 2.20. The van der Waals surface area contributed by atoms with E-state index in [1.807, 2.05) is 0 Å². The van der Waals surface area contributed by atoms with E-state index in [1.165, 1.54) is 28.6 Å². The summed E-state index contributed by atoms with van der Waals surface area (Å²) in [7, 11) is -3.99. The molecule has 0 fully saturated rings. The van der Waals surface area contributed by atoms with Crippen LogP contribution in [0.25, 0.3) is 11.0 Å². The Kier molecular flexibility index (Phi) is 5.98. The van der Waals surface area contributed by atoms with E-state index in [0.717, 1.165) is 19.5 Å². The van der Waals surface area contributed by atoms with Crippen molar-refractivity contribution in [2.75, 3.05) is 24.4 Å². The molecule has 1 aliphatic heterocycles. The van der Waals surface area contributed by atoms with Crippen molar-refractivity contribution in [3.8, 4) is 0 Å². The van der Waals surface area contributed by atoms with Gasteiger partial charge < -0.3 is 15.3 Å². The van der Waals surface area contributed by atoms with E-state index in [-0.39, 0.29) is 22.1 Å². The lowest BCUT2D eigenvalue weighted by molar-refractivity contribution is 0.0948. The zero-order valence-electron chi connectivity index (χ0n) is 18.1. The highest BCUT2D eigenvalue weighted by molar-refractivity contribution is 7.92. The van der Waals surface area contributed by atoms with Gasteiger partial charge in [-0.25, -0.2) is 13.2 Å². The number of benzene rings is 2. The number of imidazole rings is 1. The van der Waals surface area contributed by atoms with Gasteiger partial charge in [-0.2, -0.15) is 0 Å². The van der Waals surface area contributed by atoms with Crippen molar-refractivity contribution in [2.24, 2.45) is 0 Å². The number of anilines is 1. The lowest BCUT2D eigenvalue weighted by atomic mass is 10.1. The van der Waals surface area contributed by atoms with Crippen LogP contribution < -0.4 is 15.7 Å². The van der Waals surface area contributed by atoms with Gasteiger partial charge in [-0.05, 0) is 53.8 Å². The summed E-state index contributed by atoms with van der Waals surface area (Å²) in [5, 5.41) is 5.01. The van der Waals surface area contributed by atoms with Crippen LogP contribution in [0, 0.1) is 0 Å². The maximum absolute atomic E-state index is 13.0. The van der Waals surface area contributed by atoms with E-state index >= 15 is 0 Å². The van der Waals surface area contributed by atoms with Gasteiger partial charge in [0.25, 0.3) is 15.9 Å². The molecule has 176 valence electrons. The molecule has 1 aliphatic rings. The lowest BCUT2D eigenvalue weighted by Crippen LogP contribution is -2.37. The molecule has 0 atom stereocenters. The maximum Gasteiger partial charge on any atom is 0.323 e. The molecule has 0 aliphatic carbocycles. The van der Waals surface area contributed by atoms with Gasteiger partial charge in [0.05, 0.1) is 27.2 Å². The van der Waals surface area contributed by atoms with Gasteiger partial charge >= 0.3 is 5.69 Å². The number of amides is 1. The molecule has 5 rings (SSSR count). The van der Waals surface area contributed by atoms with Gasteiger partial charge in [-0.1, -0.05) is 12.1 Å². The number of sulfonamides is 1. The number of fused-ring (bicyclic) bond motifs is 2. The normalized spacial score (nSPS) is 14.1. The number of carbonyl (C=O) groups is 1. The molecule has 4 aromatic rings. The van der Waals surface area contributed by atoms with Gasteiger partial charge in [-0.15, -0.1) is 11.3 Å². The second kappa shape index (κ2) is 9.09. The van der Waals surface area contributed by atoms with Gasteiger partial charge in [0.15, 0.2) is 0 Å². The van der Waals surface area contributed by atoms with Gasteiger partial charge in [0.2, 0.25) is 0 Å². The average molecular weight is 498 g/mol. The number of H-pyrrole nitrogens is 2. The van der Waals surface area contributed by atoms with Crippen molar-refractivity contribution < 1.29 is 13.2 Å². The minimum absolute atomic E-state index is 0.0247. The molecule has 0 bridgehead atoms. The zero-order chi connectivity index (χ0) is 23.7. The molecule has 0 spiro atoms. The summed E-state index contributed by atoms with van der Waals surface area (Å²) in [6.45, 7) is 3.00. The molecule has 0 saturated carbocycles. The first-order valence-electron chi connectivity index (χ1n) is 10.8. The number of thiophene rings is 1. The van der Waals surface area contributed by atoms with E-state index in [2.05, 4.69) is 36.4 Å². The minimum Gasteiger partial charge on any atom is -0.351 e. The van der Waals surface area contributed by atoms with Crippen molar-refractivity contribution >= 4 is 44.0 Å². The van der Waals surface area contributed by atoms with Gasteiger partial charge in [0.1, 0.15) is 0 Å². The second-order valence-corrected chi connectivity index (χ2v) is 10.8. The Morgan fingerprint density at radius 2 is 1.91 bits per heavy atom. The molecule has 2 aromatic heterocycles. The molecule has 2 aromatic carbocycles. The smallest absolute Gasteiger partial charge is 0.323 e. The number of hydrogen-bond acceptors (Lipinski definition) is 6. The summed E-state index contributed by atoms with van der Waals surface area (Å²) in [5.41, 5.74) is 2.24. The van der Waals surface area contributed by atoms with Crippen molar-refractivity contribution in [1.82, 2.24) is 20.2 Å². The average Bonchev–Trinajstić information content (AvgIpc) is 3.43. The third kappa shape index (κ3) is 4.63. The standard InChI is InChI=1S/C23H23N5O4S2/c29-22(24-9-11-28-10-7-21-15(14-28)8-12-33-21)17-3-1-2-4-18(17)27-34(31,32)16-5-6-19-20(13-16)26-23(30)25-19/h1-6,8,12-13,27H,7,9-11,14H2,(H,24,29)(H2,25,26,30). The second-order valence-electron chi connectivity index (χ2n) is 8.09. The maximum atomic E-state index is 13.0. The zero-order valence-corrected chi connectivity index (χ0v) is 19.8. The van der Waals surface area contributed by atoms with E-state index in [0.29, 0.717) is 24.1 Å². The largest absolute Gasteiger partial charge is 0.351 e. The van der Waals surface area contributed by atoms with Gasteiger partial charge in [-0.3, -0.25) is 14.4 Å². The first-order valence-corrected chi connectivity index (χ1v) is 13.1. The van der Waals surface area contributed by atoms with Crippen LogP contribution in [0.1, 0.15) is 20.8 Å². The topological polar surface area (TPSA) is 127 Å². The number of nitrogens with zero attached hydrogens (tertiary/aromatic N) is 1. The SMILES string of the molecule is O=C(NCCN1CCc2sccc2C1)c1ccccc1NS(=O)(=O)c1ccc2[nH]c(=O)[nH]c2c1. The Morgan fingerprint density at radius 3 is 2.79 bits per heavy atom. The summed E-state index contributed by atoms with van der Waals surface area (Å²) >= 11 is 1.79. The Hall–Kier alpha value is -3.41. The van der Waals surface area contributed by atoms with Gasteiger partial charge in [0, 0.05) is 31.1 Å². The summed E-state index contributed by atoms with van der Waals surface area (Å²) < 4.78 is 28.5. The summed E-state index contributed by atoms with van der Waals surface area (Å²) in [5.74, 6) is -0.350. The van der Waals surface area contributed by atoms with E-state index < -0.39 is 15.7 Å². The highest BCUT2D eigenvalue weighted by atomic mass is 32.2. The van der Waals surface area contributed by atoms with Crippen molar-refractivity contribution in [3.63, 3.8) is 0 Å². The number of hydrogen-bond donors (Lipinski definition) is 4. The number of aromatic amines is 2. The van der Waals surface area contributed by atoms with Crippen LogP contribution in [0.5, 0.6) is 0 Å². The highest BCUT2D eigenvalue weighted by Crippen LogP contribution is 2.24. The first-order chi connectivity index (χ1) is 16.4. The van der Waals surface area contributed by atoms with E-state index in [1.54, 1.807) is 35.6 Å². The third-order valence-electron chi connectivity index (χ3n) is 5.81. The van der Waals surface area contributed by atoms with Crippen LogP contribution in [0.3, 0.4) is 0 Å². The quantitative estimate of drug-likeness (QED) is 0.312. The Bertz CT molecular complexity index is 1520. The molecule has 0 unspecified atom stereocenters. The molecule has 3 heterocycles. The minimum atomic E-state index is -3.99. The number of para-hydroxylation sites is 1. The predicted molar refractivity (Wildman–Crippen MR) is 132 cm³/mol. The molecule has 9 nitrogen and oxygen atoms in total. The van der Waals surface area contributed by atoms with E-state index in [9.17, 15) is 18.0 Å². The summed E-state index contributed by atoms with van der Waals surface area (Å²) in [6, 6.07) is 12.9. The molecule has 1 amide bonds. The fourth-order valence-electron chi connectivity index (χ4n) is 4.07. The summed E-state index contributed by atoms with van der Waals surface area (Å²) in [4.78, 5) is 33.2. The fraction of sp³-hybridized carbons (Fsp3) is 0.217. The van der Waals surface area contributed by atoms with Crippen molar-refractivity contribution in [3.05, 3.63) is 80.4 Å². The van der Waals surface area contributed by atoms with Crippen molar-refractivity contribution in [2.45, 2.75) is 17.9 Å². The van der Waals surface area contributed by atoms with Crippen LogP contribution in [-0.4, -0.2) is 48.8 Å². The number of rotatable bonds is 7. The molecule has 0 saturated heterocycles. The van der Waals surface area contributed by atoms with Crippen LogP contribution in [0.15, 0.2) is 63.6 Å². The monoisotopic (exact) mass is 497 g/mol. The fourth-order valence-corrected chi connectivity index (χ4v) is 6.07. The molecule has 11 heteroatoms. The summed E-state index contributed by atoms with van der Waals surface area (Å²) in [6.07, 6.45) is 1.02. The molecule has 4 N–H and O–H groups in total. The molecular weight excluding hydrogens is 474 g/mol. The Balaban J connectivity index is 1.26. The third-order valence-corrected chi connectivity index (χ3v) is 8.20. The predicted octanol–water partition coefficient (Wildman–Crippen LogP) is 2.51. The number of aromatic nitrogens is 2. The molecule has 34 heavy (non-hydrogen) atoms. The Labute approximate surface area is 199 Å². The number of carbonyl (C=O) groups excluding carboxylic acids is 1. The van der Waals surface area contributed by atoms with Crippen LogP contribution in [0.2, 0.25) is 0 Å². The van der Waals surface area contributed by atoms with Crippen LogP contribution in [-0.2, 0) is 23.0 Å². The number of nitrogens with one attached hydrogen (secondary N) is 4. The van der Waals surface area contributed by atoms with Crippen LogP contribution >= 0.6 is 11.3 Å². The van der Waals surface area contributed by atoms with Crippen molar-refractivity contribution in [1.29, 1.82) is 0 Å². The molecular formula is C23H23N5O4S2. The van der Waals surface area contributed by atoms with E-state index in [4.69, 9.17) is 0 Å². The Morgan fingerprint density at radius 1 is 1.09 bits per heavy atom. The van der Waals surface area contributed by atoms with Crippen LogP contribution in [0.4, 0.5) is 5.69 Å². The molecule has 0 radical (unpaired) electrons.